The maximum atomic E-state index is 14.0. The van der Waals surface area contributed by atoms with Crippen molar-refractivity contribution in [3.05, 3.63) is 66.2 Å². The number of hydrogen-bond donors (Lipinski definition) is 0. The SMILES string of the molecule is CS(=O)c1cc2ccccc2cc1-c1c(F)cccc1F. The van der Waals surface area contributed by atoms with Crippen molar-refractivity contribution in [1.82, 2.24) is 0 Å². The van der Waals surface area contributed by atoms with E-state index in [4.69, 9.17) is 0 Å². The third kappa shape index (κ3) is 2.47. The molecule has 0 aliphatic rings. The molecule has 0 radical (unpaired) electrons. The Morgan fingerprint density at radius 2 is 1.43 bits per heavy atom. The molecule has 0 N–H and O–H groups in total. The van der Waals surface area contributed by atoms with Crippen LogP contribution >= 0.6 is 0 Å². The predicted molar refractivity (Wildman–Crippen MR) is 81.6 cm³/mol. The molecular weight excluding hydrogens is 290 g/mol. The number of fused-ring (bicyclic) bond motifs is 1. The van der Waals surface area contributed by atoms with E-state index in [1.54, 1.807) is 12.1 Å². The van der Waals surface area contributed by atoms with Crippen molar-refractivity contribution in [3.8, 4) is 11.1 Å². The lowest BCUT2D eigenvalue weighted by Gasteiger charge is -2.11. The normalized spacial score (nSPS) is 12.5. The van der Waals surface area contributed by atoms with Gasteiger partial charge in [0, 0.05) is 16.7 Å². The maximum absolute atomic E-state index is 14.0. The highest BCUT2D eigenvalue weighted by atomic mass is 32.2. The fraction of sp³-hybridized carbons (Fsp3) is 0.0588. The van der Waals surface area contributed by atoms with Crippen LogP contribution in [0, 0.1) is 11.6 Å². The summed E-state index contributed by atoms with van der Waals surface area (Å²) in [5, 5.41) is 1.74. The van der Waals surface area contributed by atoms with Gasteiger partial charge in [0.15, 0.2) is 0 Å². The first-order chi connectivity index (χ1) is 10.1. The molecule has 0 saturated carbocycles. The van der Waals surface area contributed by atoms with Gasteiger partial charge >= 0.3 is 0 Å². The minimum Gasteiger partial charge on any atom is -0.255 e. The van der Waals surface area contributed by atoms with E-state index in [1.807, 2.05) is 24.3 Å². The van der Waals surface area contributed by atoms with Gasteiger partial charge in [-0.1, -0.05) is 30.3 Å². The quantitative estimate of drug-likeness (QED) is 0.680. The van der Waals surface area contributed by atoms with Crippen molar-refractivity contribution in [2.24, 2.45) is 0 Å². The fourth-order valence-corrected chi connectivity index (χ4v) is 3.17. The molecule has 3 rings (SSSR count). The second-order valence-electron chi connectivity index (χ2n) is 4.75. The summed E-state index contributed by atoms with van der Waals surface area (Å²) >= 11 is 0. The molecule has 1 unspecified atom stereocenters. The summed E-state index contributed by atoms with van der Waals surface area (Å²) in [4.78, 5) is 0.428. The van der Waals surface area contributed by atoms with Crippen LogP contribution in [-0.4, -0.2) is 10.5 Å². The summed E-state index contributed by atoms with van der Waals surface area (Å²) in [6.07, 6.45) is 1.51. The van der Waals surface area contributed by atoms with Crippen LogP contribution in [0.15, 0.2) is 59.5 Å². The molecule has 3 aromatic rings. The van der Waals surface area contributed by atoms with Gasteiger partial charge in [0.2, 0.25) is 0 Å². The Bertz CT molecular complexity index is 838. The van der Waals surface area contributed by atoms with Crippen molar-refractivity contribution in [2.45, 2.75) is 4.90 Å². The summed E-state index contributed by atoms with van der Waals surface area (Å²) in [5.41, 5.74) is 0.207. The third-order valence-electron chi connectivity index (χ3n) is 3.39. The van der Waals surface area contributed by atoms with Crippen LogP contribution in [-0.2, 0) is 10.8 Å². The molecule has 1 nitrogen and oxygen atoms in total. The lowest BCUT2D eigenvalue weighted by atomic mass is 10.00. The van der Waals surface area contributed by atoms with Gasteiger partial charge in [-0.3, -0.25) is 4.21 Å². The first-order valence-electron chi connectivity index (χ1n) is 6.38. The fourth-order valence-electron chi connectivity index (χ4n) is 2.41. The highest BCUT2D eigenvalue weighted by Gasteiger charge is 2.17. The molecule has 106 valence electrons. The molecule has 0 bridgehead atoms. The zero-order chi connectivity index (χ0) is 15.0. The van der Waals surface area contributed by atoms with Crippen LogP contribution in [0.4, 0.5) is 8.78 Å². The third-order valence-corrected chi connectivity index (χ3v) is 4.35. The van der Waals surface area contributed by atoms with Gasteiger partial charge in [0.25, 0.3) is 0 Å². The molecule has 0 fully saturated rings. The van der Waals surface area contributed by atoms with Crippen LogP contribution in [0.2, 0.25) is 0 Å². The summed E-state index contributed by atoms with van der Waals surface area (Å²) in [7, 11) is -1.35. The summed E-state index contributed by atoms with van der Waals surface area (Å²) in [6, 6.07) is 14.6. The van der Waals surface area contributed by atoms with Crippen molar-refractivity contribution >= 4 is 21.6 Å². The Hall–Kier alpha value is -2.07. The zero-order valence-corrected chi connectivity index (χ0v) is 12.1. The van der Waals surface area contributed by atoms with Crippen LogP contribution in [0.1, 0.15) is 0 Å². The van der Waals surface area contributed by atoms with Crippen LogP contribution in [0.3, 0.4) is 0 Å². The average molecular weight is 302 g/mol. The number of rotatable bonds is 2. The second-order valence-corrected chi connectivity index (χ2v) is 6.09. The van der Waals surface area contributed by atoms with Gasteiger partial charge < -0.3 is 0 Å². The van der Waals surface area contributed by atoms with Crippen LogP contribution in [0.5, 0.6) is 0 Å². The first kappa shape index (κ1) is 13.9. The highest BCUT2D eigenvalue weighted by molar-refractivity contribution is 7.84. The second kappa shape index (κ2) is 5.37. The minimum atomic E-state index is -1.35. The molecule has 0 amide bonds. The van der Waals surface area contributed by atoms with Crippen molar-refractivity contribution in [1.29, 1.82) is 0 Å². The van der Waals surface area contributed by atoms with Gasteiger partial charge in [0.05, 0.1) is 16.4 Å². The zero-order valence-electron chi connectivity index (χ0n) is 11.3. The van der Waals surface area contributed by atoms with Crippen molar-refractivity contribution in [3.63, 3.8) is 0 Å². The average Bonchev–Trinajstić information content (AvgIpc) is 2.46. The summed E-state index contributed by atoms with van der Waals surface area (Å²) in [6.45, 7) is 0. The van der Waals surface area contributed by atoms with E-state index in [-0.39, 0.29) is 5.56 Å². The largest absolute Gasteiger partial charge is 0.255 e. The number of halogens is 2. The summed E-state index contributed by atoms with van der Waals surface area (Å²) in [5.74, 6) is -1.31. The van der Waals surface area contributed by atoms with Gasteiger partial charge in [0.1, 0.15) is 11.6 Å². The van der Waals surface area contributed by atoms with Gasteiger partial charge in [-0.05, 0) is 35.0 Å². The smallest absolute Gasteiger partial charge is 0.134 e. The lowest BCUT2D eigenvalue weighted by Crippen LogP contribution is -1.97. The Kier molecular flexibility index (Phi) is 3.55. The van der Waals surface area contributed by atoms with Crippen LogP contribution < -0.4 is 0 Å². The molecule has 0 aliphatic carbocycles. The first-order valence-corrected chi connectivity index (χ1v) is 7.94. The van der Waals surface area contributed by atoms with E-state index >= 15 is 0 Å². The number of hydrogen-bond acceptors (Lipinski definition) is 1. The van der Waals surface area contributed by atoms with Crippen molar-refractivity contribution in [2.75, 3.05) is 6.26 Å². The molecule has 4 heteroatoms. The topological polar surface area (TPSA) is 17.1 Å². The van der Waals surface area contributed by atoms with Gasteiger partial charge in [-0.15, -0.1) is 0 Å². The maximum Gasteiger partial charge on any atom is 0.134 e. The predicted octanol–water partition coefficient (Wildman–Crippen LogP) is 4.52. The Labute approximate surface area is 123 Å². The number of benzene rings is 3. The Morgan fingerprint density at radius 3 is 2.00 bits per heavy atom. The monoisotopic (exact) mass is 302 g/mol. The molecule has 0 saturated heterocycles. The van der Waals surface area contributed by atoms with E-state index in [1.165, 1.54) is 24.5 Å². The van der Waals surface area contributed by atoms with Gasteiger partial charge in [-0.25, -0.2) is 8.78 Å². The van der Waals surface area contributed by atoms with Gasteiger partial charge in [-0.2, -0.15) is 0 Å². The molecule has 0 aliphatic heterocycles. The van der Waals surface area contributed by atoms with E-state index in [0.29, 0.717) is 10.5 Å². The highest BCUT2D eigenvalue weighted by Crippen LogP contribution is 2.33. The standard InChI is InChI=1S/C17H12F2OS/c1-21(20)16-10-12-6-3-2-5-11(12)9-13(16)17-14(18)7-4-8-15(17)19/h2-10H,1H3. The van der Waals surface area contributed by atoms with E-state index in [2.05, 4.69) is 0 Å². The molecular formula is C17H12F2OS. The van der Waals surface area contributed by atoms with E-state index < -0.39 is 22.4 Å². The van der Waals surface area contributed by atoms with Crippen LogP contribution in [0.25, 0.3) is 21.9 Å². The minimum absolute atomic E-state index is 0.131. The molecule has 21 heavy (non-hydrogen) atoms. The molecule has 0 spiro atoms. The molecule has 3 aromatic carbocycles. The molecule has 1 atom stereocenters. The summed E-state index contributed by atoms with van der Waals surface area (Å²) < 4.78 is 40.1. The van der Waals surface area contributed by atoms with E-state index in [9.17, 15) is 13.0 Å². The van der Waals surface area contributed by atoms with Crippen molar-refractivity contribution < 1.29 is 13.0 Å². The lowest BCUT2D eigenvalue weighted by molar-refractivity contribution is 0.589. The van der Waals surface area contributed by atoms with E-state index in [0.717, 1.165) is 10.8 Å². The molecule has 0 heterocycles. The Morgan fingerprint density at radius 1 is 0.857 bits per heavy atom. The molecule has 0 aromatic heterocycles. The Balaban J connectivity index is 2.40.